The molecule has 0 bridgehead atoms. The Kier molecular flexibility index (Phi) is 3.02. The van der Waals surface area contributed by atoms with Crippen LogP contribution < -0.4 is 11.5 Å². The predicted molar refractivity (Wildman–Crippen MR) is 73.6 cm³/mol. The Hall–Kier alpha value is -2.00. The van der Waals surface area contributed by atoms with Gasteiger partial charge in [-0.3, -0.25) is 0 Å². The monoisotopic (exact) mass is 245 g/mol. The topological polar surface area (TPSA) is 75.9 Å². The van der Waals surface area contributed by atoms with Gasteiger partial charge in [0.15, 0.2) is 0 Å². The third-order valence-electron chi connectivity index (χ3n) is 2.57. The Morgan fingerprint density at radius 3 is 2.41 bits per heavy atom. The smallest absolute Gasteiger partial charge is 0.0426 e. The highest BCUT2D eigenvalue weighted by atomic mass is 35.5. The Balaban J connectivity index is 2.56. The molecule has 0 fully saturated rings. The molecule has 0 saturated heterocycles. The van der Waals surface area contributed by atoms with Crippen molar-refractivity contribution in [2.75, 3.05) is 11.5 Å². The molecule has 0 unspecified atom stereocenters. The lowest BCUT2D eigenvalue weighted by atomic mass is 10.0. The number of halogens is 1. The molecule has 17 heavy (non-hydrogen) atoms. The van der Waals surface area contributed by atoms with Gasteiger partial charge in [0.25, 0.3) is 0 Å². The predicted octanol–water partition coefficient (Wildman–Crippen LogP) is 3.17. The third-order valence-corrected chi connectivity index (χ3v) is 2.80. The van der Waals surface area contributed by atoms with E-state index in [0.717, 1.165) is 11.1 Å². The molecule has 0 aromatic heterocycles. The minimum Gasteiger partial charge on any atom is -0.398 e. The summed E-state index contributed by atoms with van der Waals surface area (Å²) in [6, 6.07) is 10.8. The van der Waals surface area contributed by atoms with E-state index >= 15 is 0 Å². The van der Waals surface area contributed by atoms with Crippen molar-refractivity contribution in [3.8, 4) is 11.1 Å². The molecule has 0 aliphatic rings. The van der Waals surface area contributed by atoms with Crippen LogP contribution in [0.25, 0.3) is 11.1 Å². The minimum absolute atomic E-state index is 0.580. The summed E-state index contributed by atoms with van der Waals surface area (Å²) in [6.45, 7) is 0. The zero-order chi connectivity index (χ0) is 12.4. The Morgan fingerprint density at radius 1 is 1.00 bits per heavy atom. The van der Waals surface area contributed by atoms with Crippen molar-refractivity contribution >= 4 is 29.2 Å². The molecular weight excluding hydrogens is 234 g/mol. The third kappa shape index (κ3) is 2.24. The number of benzene rings is 2. The van der Waals surface area contributed by atoms with Crippen molar-refractivity contribution < 1.29 is 0 Å². The second-order valence-electron chi connectivity index (χ2n) is 3.72. The van der Waals surface area contributed by atoms with Gasteiger partial charge in [0, 0.05) is 33.7 Å². The van der Waals surface area contributed by atoms with Crippen LogP contribution in [-0.2, 0) is 0 Å². The molecule has 0 aliphatic carbocycles. The Labute approximate surface area is 105 Å². The van der Waals surface area contributed by atoms with E-state index in [1.54, 1.807) is 18.2 Å². The lowest BCUT2D eigenvalue weighted by Crippen LogP contribution is -1.95. The first kappa shape index (κ1) is 11.5. The largest absolute Gasteiger partial charge is 0.398 e. The van der Waals surface area contributed by atoms with E-state index in [1.165, 1.54) is 6.21 Å². The SMILES string of the molecule is N=Cc1cc(-c2ccc(Cl)cc2N)ccc1N. The van der Waals surface area contributed by atoms with Gasteiger partial charge in [-0.25, -0.2) is 0 Å². The van der Waals surface area contributed by atoms with E-state index in [4.69, 9.17) is 28.5 Å². The van der Waals surface area contributed by atoms with Crippen LogP contribution in [0.5, 0.6) is 0 Å². The van der Waals surface area contributed by atoms with Gasteiger partial charge in [0.1, 0.15) is 0 Å². The normalized spacial score (nSPS) is 10.2. The Bertz CT molecular complexity index is 579. The first-order chi connectivity index (χ1) is 8.11. The maximum atomic E-state index is 7.27. The highest BCUT2D eigenvalue weighted by Crippen LogP contribution is 2.29. The van der Waals surface area contributed by atoms with Crippen molar-refractivity contribution in [1.29, 1.82) is 5.41 Å². The summed E-state index contributed by atoms with van der Waals surface area (Å²) < 4.78 is 0. The molecular formula is C13H12ClN3. The number of hydrogen-bond donors (Lipinski definition) is 3. The van der Waals surface area contributed by atoms with Crippen molar-refractivity contribution in [1.82, 2.24) is 0 Å². The minimum atomic E-state index is 0.580. The number of nitrogens with two attached hydrogens (primary N) is 2. The van der Waals surface area contributed by atoms with Crippen molar-refractivity contribution in [3.63, 3.8) is 0 Å². The number of hydrogen-bond acceptors (Lipinski definition) is 3. The standard InChI is InChI=1S/C13H12ClN3/c14-10-2-3-11(13(17)6-10)8-1-4-12(16)9(5-8)7-15/h1-7,15H,16-17H2. The first-order valence-corrected chi connectivity index (χ1v) is 5.45. The number of nitrogen functional groups attached to an aromatic ring is 2. The molecule has 2 aromatic rings. The highest BCUT2D eigenvalue weighted by molar-refractivity contribution is 6.31. The maximum Gasteiger partial charge on any atom is 0.0426 e. The van der Waals surface area contributed by atoms with Crippen LogP contribution in [0.3, 0.4) is 0 Å². The number of anilines is 2. The molecule has 0 radical (unpaired) electrons. The summed E-state index contributed by atoms with van der Waals surface area (Å²) in [6.07, 6.45) is 1.23. The molecule has 0 saturated carbocycles. The fraction of sp³-hybridized carbons (Fsp3) is 0. The van der Waals surface area contributed by atoms with Crippen LogP contribution in [0.2, 0.25) is 5.02 Å². The molecule has 2 aromatic carbocycles. The molecule has 5 N–H and O–H groups in total. The summed E-state index contributed by atoms with van der Waals surface area (Å²) in [7, 11) is 0. The van der Waals surface area contributed by atoms with E-state index in [0.29, 0.717) is 22.0 Å². The van der Waals surface area contributed by atoms with Gasteiger partial charge in [-0.2, -0.15) is 0 Å². The first-order valence-electron chi connectivity index (χ1n) is 5.07. The van der Waals surface area contributed by atoms with Crippen molar-refractivity contribution in [2.24, 2.45) is 0 Å². The fourth-order valence-corrected chi connectivity index (χ4v) is 1.84. The molecule has 3 nitrogen and oxygen atoms in total. The number of nitrogens with one attached hydrogen (secondary N) is 1. The second kappa shape index (κ2) is 4.47. The summed E-state index contributed by atoms with van der Waals surface area (Å²) in [5.74, 6) is 0. The van der Waals surface area contributed by atoms with Gasteiger partial charge in [0.2, 0.25) is 0 Å². The van der Waals surface area contributed by atoms with Gasteiger partial charge < -0.3 is 16.9 Å². The molecule has 0 amide bonds. The van der Waals surface area contributed by atoms with E-state index < -0.39 is 0 Å². The Morgan fingerprint density at radius 2 is 1.76 bits per heavy atom. The van der Waals surface area contributed by atoms with E-state index in [9.17, 15) is 0 Å². The maximum absolute atomic E-state index is 7.27. The lowest BCUT2D eigenvalue weighted by Gasteiger charge is -2.08. The van der Waals surface area contributed by atoms with Crippen LogP contribution in [0.4, 0.5) is 11.4 Å². The second-order valence-corrected chi connectivity index (χ2v) is 4.16. The highest BCUT2D eigenvalue weighted by Gasteiger charge is 2.05. The van der Waals surface area contributed by atoms with E-state index in [-0.39, 0.29) is 0 Å². The average Bonchev–Trinajstić information content (AvgIpc) is 2.30. The van der Waals surface area contributed by atoms with E-state index in [2.05, 4.69) is 0 Å². The molecule has 2 rings (SSSR count). The van der Waals surface area contributed by atoms with Gasteiger partial charge in [0.05, 0.1) is 0 Å². The average molecular weight is 246 g/mol. The van der Waals surface area contributed by atoms with Gasteiger partial charge >= 0.3 is 0 Å². The van der Waals surface area contributed by atoms with Gasteiger partial charge in [-0.15, -0.1) is 0 Å². The van der Waals surface area contributed by atoms with Crippen LogP contribution in [-0.4, -0.2) is 6.21 Å². The summed E-state index contributed by atoms with van der Waals surface area (Å²) in [4.78, 5) is 0. The molecule has 0 aliphatic heterocycles. The fourth-order valence-electron chi connectivity index (χ4n) is 1.66. The molecule has 0 atom stereocenters. The lowest BCUT2D eigenvalue weighted by molar-refractivity contribution is 1.53. The van der Waals surface area contributed by atoms with Crippen LogP contribution in [0, 0.1) is 5.41 Å². The summed E-state index contributed by atoms with van der Waals surface area (Å²) >= 11 is 5.85. The summed E-state index contributed by atoms with van der Waals surface area (Å²) in [5, 5.41) is 7.88. The molecule has 0 heterocycles. The van der Waals surface area contributed by atoms with Crippen LogP contribution in [0.1, 0.15) is 5.56 Å². The molecule has 4 heteroatoms. The zero-order valence-corrected chi connectivity index (χ0v) is 9.83. The van der Waals surface area contributed by atoms with Crippen LogP contribution >= 0.6 is 11.6 Å². The molecule has 86 valence electrons. The van der Waals surface area contributed by atoms with Crippen molar-refractivity contribution in [2.45, 2.75) is 0 Å². The van der Waals surface area contributed by atoms with E-state index in [1.807, 2.05) is 18.2 Å². The van der Waals surface area contributed by atoms with Gasteiger partial charge in [-0.1, -0.05) is 23.7 Å². The molecule has 0 spiro atoms. The number of rotatable bonds is 2. The zero-order valence-electron chi connectivity index (χ0n) is 9.07. The van der Waals surface area contributed by atoms with Gasteiger partial charge in [-0.05, 0) is 29.8 Å². The quantitative estimate of drug-likeness (QED) is 0.561. The summed E-state index contributed by atoms with van der Waals surface area (Å²) in [5.41, 5.74) is 15.3. The van der Waals surface area contributed by atoms with Crippen LogP contribution in [0.15, 0.2) is 36.4 Å². The van der Waals surface area contributed by atoms with Crippen molar-refractivity contribution in [3.05, 3.63) is 47.0 Å².